The summed E-state index contributed by atoms with van der Waals surface area (Å²) in [6.45, 7) is 0. The standard InChI is InChI=1S/F3N.FH3Si/c1-4(2)3;1-2/h;2H3. The molecule has 0 unspecified atom stereocenters. The predicted molar refractivity (Wildman–Crippen MR) is 16.2 cm³/mol. The second kappa shape index (κ2) is 8.86. The van der Waals surface area contributed by atoms with Gasteiger partial charge in [-0.1, -0.05) is 13.4 Å². The van der Waals surface area contributed by atoms with Gasteiger partial charge in [0.1, 0.15) is 0 Å². The van der Waals surface area contributed by atoms with E-state index in [2.05, 4.69) is 0 Å². The lowest BCUT2D eigenvalue weighted by molar-refractivity contribution is -0.295. The van der Waals surface area contributed by atoms with Gasteiger partial charge < -0.3 is 4.11 Å². The fraction of sp³-hybridized carbons (Fsp3) is 0. The lowest BCUT2D eigenvalue weighted by Crippen LogP contribution is -1.72. The summed E-state index contributed by atoms with van der Waals surface area (Å²) in [6.07, 6.45) is 0. The molecule has 0 fully saturated rings. The third-order valence-corrected chi connectivity index (χ3v) is 0. The van der Waals surface area contributed by atoms with Crippen molar-refractivity contribution >= 4 is 10.6 Å². The average molecular weight is 121 g/mol. The number of halogens is 4. The fourth-order valence-corrected chi connectivity index (χ4v) is 0. The van der Waals surface area contributed by atoms with Crippen LogP contribution in [-0.4, -0.2) is 16.1 Å². The molecule has 0 radical (unpaired) electrons. The zero-order valence-electron chi connectivity index (χ0n) is 2.96. The molecule has 0 aromatic heterocycles. The zero-order valence-corrected chi connectivity index (χ0v) is 4.96. The molecule has 0 N–H and O–H groups in total. The first kappa shape index (κ1) is 9.31. The van der Waals surface area contributed by atoms with Gasteiger partial charge in [0.05, 0.1) is 0 Å². The summed E-state index contributed by atoms with van der Waals surface area (Å²) in [5, 5.41) is 0. The van der Waals surface area contributed by atoms with Gasteiger partial charge in [0.15, 0.2) is 5.57 Å². The van der Waals surface area contributed by atoms with Gasteiger partial charge in [-0.25, -0.2) is 0 Å². The first-order valence-corrected chi connectivity index (χ1v) is 1.64. The molecule has 0 aliphatic rings. The maximum Gasteiger partial charge on any atom is 0.201 e. The molecule has 0 aliphatic carbocycles. The number of hydrogen-bond acceptors (Lipinski definition) is 1. The minimum absolute atomic E-state index is 0.194. The first-order chi connectivity index (χ1) is 2.73. The van der Waals surface area contributed by atoms with Gasteiger partial charge in [-0.05, 0) is 0 Å². The van der Waals surface area contributed by atoms with E-state index in [4.69, 9.17) is 0 Å². The Morgan fingerprint density at radius 3 is 1.00 bits per heavy atom. The predicted octanol–water partition coefficient (Wildman–Crippen LogP) is 0.178. The molecular weight excluding hydrogens is 118 g/mol. The lowest BCUT2D eigenvalue weighted by Gasteiger charge is -1.67. The second-order valence-electron chi connectivity index (χ2n) is 0.192. The van der Waals surface area contributed by atoms with Crippen LogP contribution in [0.4, 0.5) is 17.6 Å². The zero-order chi connectivity index (χ0) is 5.58. The van der Waals surface area contributed by atoms with E-state index in [1.807, 2.05) is 0 Å². The van der Waals surface area contributed by atoms with Crippen molar-refractivity contribution in [3.63, 3.8) is 0 Å². The van der Waals surface area contributed by atoms with Crippen LogP contribution in [0.2, 0.25) is 0 Å². The third-order valence-electron chi connectivity index (χ3n) is 0. The Bertz CT molecular complexity index is 12.3. The molecule has 1 nitrogen and oxygen atoms in total. The van der Waals surface area contributed by atoms with Crippen molar-refractivity contribution in [1.82, 2.24) is 5.57 Å². The maximum atomic E-state index is 9.64. The SMILES string of the molecule is FN(F)F.F[SiH3]. The lowest BCUT2D eigenvalue weighted by atomic mass is 13.5. The molecular formula is H3F4NSi. The van der Waals surface area contributed by atoms with Gasteiger partial charge in [-0.15, -0.1) is 0 Å². The minimum Gasteiger partial charge on any atom is -0.327 e. The van der Waals surface area contributed by atoms with Crippen LogP contribution in [0.5, 0.6) is 0 Å². The van der Waals surface area contributed by atoms with Crippen molar-refractivity contribution in [2.45, 2.75) is 0 Å². The maximum absolute atomic E-state index is 9.64. The summed E-state index contributed by atoms with van der Waals surface area (Å²) in [6, 6.07) is 0. The monoisotopic (exact) mass is 121 g/mol. The summed E-state index contributed by atoms with van der Waals surface area (Å²) in [7, 11) is -0.194. The smallest absolute Gasteiger partial charge is 0.201 e. The summed E-state index contributed by atoms with van der Waals surface area (Å²) < 4.78 is 38.1. The van der Waals surface area contributed by atoms with Gasteiger partial charge >= 0.3 is 0 Å². The minimum atomic E-state index is -2.50. The highest BCUT2D eigenvalue weighted by atomic mass is 28.2. The van der Waals surface area contributed by atoms with Crippen molar-refractivity contribution in [2.24, 2.45) is 0 Å². The average Bonchev–Trinajstić information content (AvgIpc) is 1.41. The van der Waals surface area contributed by atoms with Crippen molar-refractivity contribution in [1.29, 1.82) is 0 Å². The van der Waals surface area contributed by atoms with Gasteiger partial charge in [-0.3, -0.25) is 0 Å². The van der Waals surface area contributed by atoms with Crippen LogP contribution in [0.25, 0.3) is 0 Å². The van der Waals surface area contributed by atoms with Gasteiger partial charge in [0.2, 0.25) is 10.6 Å². The van der Waals surface area contributed by atoms with E-state index in [0.29, 0.717) is 0 Å². The van der Waals surface area contributed by atoms with Crippen LogP contribution in [0.15, 0.2) is 0 Å². The van der Waals surface area contributed by atoms with Crippen LogP contribution in [0, 0.1) is 0 Å². The van der Waals surface area contributed by atoms with Crippen LogP contribution < -0.4 is 0 Å². The molecule has 0 amide bonds. The van der Waals surface area contributed by atoms with Gasteiger partial charge in [-0.2, -0.15) is 0 Å². The molecule has 6 heteroatoms. The molecule has 6 heavy (non-hydrogen) atoms. The molecule has 0 spiro atoms. The van der Waals surface area contributed by atoms with Crippen molar-refractivity contribution in [3.05, 3.63) is 0 Å². The second-order valence-corrected chi connectivity index (χ2v) is 0.192. The number of hydrogen-bond donors (Lipinski definition) is 0. The summed E-state index contributed by atoms with van der Waals surface area (Å²) in [5.74, 6) is 0. The van der Waals surface area contributed by atoms with E-state index in [0.717, 1.165) is 0 Å². The van der Waals surface area contributed by atoms with Crippen molar-refractivity contribution < 1.29 is 17.6 Å². The van der Waals surface area contributed by atoms with Gasteiger partial charge in [0, 0.05) is 0 Å². The Morgan fingerprint density at radius 1 is 1.00 bits per heavy atom. The van der Waals surface area contributed by atoms with Crippen molar-refractivity contribution in [3.8, 4) is 0 Å². The normalized spacial score (nSPS) is 7.50. The van der Waals surface area contributed by atoms with Crippen LogP contribution in [0.3, 0.4) is 0 Å². The molecule has 40 valence electrons. The topological polar surface area (TPSA) is 3.24 Å². The Labute approximate surface area is 35.0 Å². The largest absolute Gasteiger partial charge is 0.327 e. The van der Waals surface area contributed by atoms with Crippen LogP contribution >= 0.6 is 0 Å². The third kappa shape index (κ3) is 3080. The molecule has 0 rings (SSSR count). The molecule has 0 saturated carbocycles. The Morgan fingerprint density at radius 2 is 1.00 bits per heavy atom. The molecule has 0 bridgehead atoms. The number of nitrogens with zero attached hydrogens (tertiary/aromatic N) is 1. The highest BCUT2D eigenvalue weighted by Gasteiger charge is 1.80. The van der Waals surface area contributed by atoms with Crippen molar-refractivity contribution in [2.75, 3.05) is 0 Å². The molecule has 0 aromatic rings. The van der Waals surface area contributed by atoms with E-state index in [-0.39, 0.29) is 10.6 Å². The molecule has 0 aliphatic heterocycles. The highest BCUT2D eigenvalue weighted by Crippen LogP contribution is 1.82. The first-order valence-electron chi connectivity index (χ1n) is 0.885. The van der Waals surface area contributed by atoms with E-state index in [1.54, 1.807) is 0 Å². The highest BCUT2D eigenvalue weighted by molar-refractivity contribution is 5.96. The Balaban J connectivity index is 0. The molecule has 0 saturated heterocycles. The summed E-state index contributed by atoms with van der Waals surface area (Å²) in [4.78, 5) is 0. The quantitative estimate of drug-likeness (QED) is 0.191. The van der Waals surface area contributed by atoms with E-state index < -0.39 is 5.57 Å². The van der Waals surface area contributed by atoms with Crippen LogP contribution in [0.1, 0.15) is 0 Å². The van der Waals surface area contributed by atoms with Gasteiger partial charge in [0.25, 0.3) is 0 Å². The fourth-order valence-electron chi connectivity index (χ4n) is 0. The molecule has 0 atom stereocenters. The Kier molecular flexibility index (Phi) is 13.8. The Hall–Kier alpha value is -0.103. The molecule has 0 aromatic carbocycles. The number of rotatable bonds is 0. The van der Waals surface area contributed by atoms with E-state index in [9.17, 15) is 17.6 Å². The summed E-state index contributed by atoms with van der Waals surface area (Å²) in [5.41, 5.74) is -2.50. The summed E-state index contributed by atoms with van der Waals surface area (Å²) >= 11 is 0. The van der Waals surface area contributed by atoms with E-state index >= 15 is 0 Å². The van der Waals surface area contributed by atoms with E-state index in [1.165, 1.54) is 0 Å². The molecule has 0 heterocycles. The van der Waals surface area contributed by atoms with Crippen LogP contribution in [-0.2, 0) is 0 Å².